The molecule has 1 aromatic rings. The largest absolute Gasteiger partial charge is 0.396 e. The number of aliphatic hydroxyl groups is 1. The molecule has 0 unspecified atom stereocenters. The number of thiophene rings is 1. The highest BCUT2D eigenvalue weighted by atomic mass is 32.1. The van der Waals surface area contributed by atoms with Crippen LogP contribution in [0.3, 0.4) is 0 Å². The van der Waals surface area contributed by atoms with Crippen molar-refractivity contribution < 1.29 is 5.11 Å². The predicted molar refractivity (Wildman–Crippen MR) is 39.8 cm³/mol. The van der Waals surface area contributed by atoms with Gasteiger partial charge in [-0.25, -0.2) is 0 Å². The van der Waals surface area contributed by atoms with Gasteiger partial charge in [0.1, 0.15) is 6.07 Å². The molecule has 2 nitrogen and oxygen atoms in total. The molecular weight excluding hydrogens is 146 g/mol. The van der Waals surface area contributed by atoms with Crippen LogP contribution >= 0.6 is 11.3 Å². The molecule has 1 rings (SSSR count). The van der Waals surface area contributed by atoms with Crippen LogP contribution < -0.4 is 0 Å². The van der Waals surface area contributed by atoms with E-state index in [0.29, 0.717) is 12.0 Å². The van der Waals surface area contributed by atoms with Gasteiger partial charge in [-0.3, -0.25) is 0 Å². The average molecular weight is 153 g/mol. The van der Waals surface area contributed by atoms with Crippen molar-refractivity contribution in [3.63, 3.8) is 0 Å². The minimum absolute atomic E-state index is 0.120. The molecule has 0 aromatic carbocycles. The lowest BCUT2D eigenvalue weighted by Crippen LogP contribution is -1.88. The molecule has 0 atom stereocenters. The molecular formula is C7H7NOS. The first-order chi connectivity index (χ1) is 4.88. The zero-order valence-electron chi connectivity index (χ0n) is 5.37. The fourth-order valence-electron chi connectivity index (χ4n) is 0.735. The van der Waals surface area contributed by atoms with Gasteiger partial charge in [-0.15, -0.1) is 11.3 Å². The second-order valence-electron chi connectivity index (χ2n) is 1.84. The van der Waals surface area contributed by atoms with Gasteiger partial charge in [-0.05, 0) is 11.4 Å². The lowest BCUT2D eigenvalue weighted by molar-refractivity contribution is 0.300. The van der Waals surface area contributed by atoms with E-state index in [-0.39, 0.29) is 6.61 Å². The maximum absolute atomic E-state index is 8.56. The van der Waals surface area contributed by atoms with Crippen molar-refractivity contribution in [2.45, 2.75) is 6.42 Å². The predicted octanol–water partition coefficient (Wildman–Crippen LogP) is 1.15. The number of hydrogen-bond donors (Lipinski definition) is 1. The van der Waals surface area contributed by atoms with Crippen LogP contribution in [-0.4, -0.2) is 11.7 Å². The van der Waals surface area contributed by atoms with Gasteiger partial charge in [-0.1, -0.05) is 0 Å². The molecule has 0 spiro atoms. The molecule has 3 heteroatoms. The molecule has 1 N–H and O–H groups in total. The maximum Gasteiger partial charge on any atom is 0.100 e. The van der Waals surface area contributed by atoms with Crippen LogP contribution in [0.5, 0.6) is 0 Å². The highest BCUT2D eigenvalue weighted by Crippen LogP contribution is 2.15. The average Bonchev–Trinajstić information content (AvgIpc) is 2.36. The van der Waals surface area contributed by atoms with Gasteiger partial charge in [0.25, 0.3) is 0 Å². The Balaban J connectivity index is 2.82. The highest BCUT2D eigenvalue weighted by molar-refractivity contribution is 7.10. The Morgan fingerprint density at radius 1 is 1.70 bits per heavy atom. The minimum atomic E-state index is 0.120. The summed E-state index contributed by atoms with van der Waals surface area (Å²) >= 11 is 1.52. The number of hydrogen-bond acceptors (Lipinski definition) is 3. The Labute approximate surface area is 63.4 Å². The minimum Gasteiger partial charge on any atom is -0.396 e. The van der Waals surface area contributed by atoms with Crippen LogP contribution in [0.25, 0.3) is 0 Å². The number of rotatable bonds is 2. The molecule has 0 aliphatic carbocycles. The van der Waals surface area contributed by atoms with Crippen LogP contribution in [0.15, 0.2) is 11.4 Å². The molecule has 52 valence electrons. The Morgan fingerprint density at radius 2 is 2.50 bits per heavy atom. The first-order valence-corrected chi connectivity index (χ1v) is 3.83. The molecule has 0 bridgehead atoms. The van der Waals surface area contributed by atoms with Gasteiger partial charge < -0.3 is 5.11 Å². The second-order valence-corrected chi connectivity index (χ2v) is 2.84. The quantitative estimate of drug-likeness (QED) is 0.692. The molecule has 0 fully saturated rings. The third kappa shape index (κ3) is 1.35. The third-order valence-corrected chi connectivity index (χ3v) is 2.19. The van der Waals surface area contributed by atoms with E-state index in [9.17, 15) is 0 Å². The summed E-state index contributed by atoms with van der Waals surface area (Å²) in [7, 11) is 0. The maximum atomic E-state index is 8.56. The van der Waals surface area contributed by atoms with Crippen molar-refractivity contribution in [3.8, 4) is 6.07 Å². The van der Waals surface area contributed by atoms with Gasteiger partial charge in [-0.2, -0.15) is 5.26 Å². The van der Waals surface area contributed by atoms with Gasteiger partial charge >= 0.3 is 0 Å². The summed E-state index contributed by atoms with van der Waals surface area (Å²) in [6, 6.07) is 3.83. The van der Waals surface area contributed by atoms with Gasteiger partial charge in [0.15, 0.2) is 0 Å². The molecule has 0 amide bonds. The van der Waals surface area contributed by atoms with E-state index in [1.807, 2.05) is 5.38 Å². The Morgan fingerprint density at radius 3 is 3.10 bits per heavy atom. The lowest BCUT2D eigenvalue weighted by atomic mass is 10.2. The third-order valence-electron chi connectivity index (χ3n) is 1.20. The Hall–Kier alpha value is -0.850. The Kier molecular flexibility index (Phi) is 2.43. The van der Waals surface area contributed by atoms with Crippen molar-refractivity contribution >= 4 is 11.3 Å². The summed E-state index contributed by atoms with van der Waals surface area (Å²) in [5.74, 6) is 0. The molecule has 0 saturated heterocycles. The second kappa shape index (κ2) is 3.35. The van der Waals surface area contributed by atoms with Crippen molar-refractivity contribution in [1.82, 2.24) is 0 Å². The van der Waals surface area contributed by atoms with E-state index in [4.69, 9.17) is 10.4 Å². The summed E-state index contributed by atoms with van der Waals surface area (Å²) in [5.41, 5.74) is 0.694. The topological polar surface area (TPSA) is 44.0 Å². The highest BCUT2D eigenvalue weighted by Gasteiger charge is 2.00. The van der Waals surface area contributed by atoms with E-state index < -0.39 is 0 Å². The van der Waals surface area contributed by atoms with Crippen LogP contribution in [0.2, 0.25) is 0 Å². The van der Waals surface area contributed by atoms with Crippen LogP contribution in [0.4, 0.5) is 0 Å². The molecule has 0 saturated carbocycles. The number of nitrogens with zero attached hydrogens (tertiary/aromatic N) is 1. The smallest absolute Gasteiger partial charge is 0.100 e. The molecule has 10 heavy (non-hydrogen) atoms. The van der Waals surface area contributed by atoms with Crippen LogP contribution in [0.1, 0.15) is 10.4 Å². The summed E-state index contributed by atoms with van der Waals surface area (Å²) in [6.07, 6.45) is 0.598. The van der Waals surface area contributed by atoms with E-state index >= 15 is 0 Å². The zero-order chi connectivity index (χ0) is 7.40. The standard InChI is InChI=1S/C7H7NOS/c8-5-6-2-4-10-7(6)1-3-9/h2,4,9H,1,3H2. The monoisotopic (exact) mass is 153 g/mol. The van der Waals surface area contributed by atoms with Crippen LogP contribution in [-0.2, 0) is 6.42 Å². The Bertz CT molecular complexity index is 248. The van der Waals surface area contributed by atoms with E-state index in [2.05, 4.69) is 6.07 Å². The molecule has 0 aliphatic rings. The van der Waals surface area contributed by atoms with E-state index in [0.717, 1.165) is 4.88 Å². The summed E-state index contributed by atoms with van der Waals surface area (Å²) in [6.45, 7) is 0.120. The first kappa shape index (κ1) is 7.26. The molecule has 1 heterocycles. The molecule has 1 aromatic heterocycles. The van der Waals surface area contributed by atoms with Crippen molar-refractivity contribution in [2.75, 3.05) is 6.61 Å². The van der Waals surface area contributed by atoms with Crippen LogP contribution in [0, 0.1) is 11.3 Å². The molecule has 0 radical (unpaired) electrons. The normalized spacial score (nSPS) is 9.20. The van der Waals surface area contributed by atoms with Gasteiger partial charge in [0, 0.05) is 17.9 Å². The fourth-order valence-corrected chi connectivity index (χ4v) is 1.55. The summed E-state index contributed by atoms with van der Waals surface area (Å²) < 4.78 is 0. The van der Waals surface area contributed by atoms with E-state index in [1.165, 1.54) is 11.3 Å². The zero-order valence-corrected chi connectivity index (χ0v) is 6.19. The van der Waals surface area contributed by atoms with E-state index in [1.54, 1.807) is 6.07 Å². The van der Waals surface area contributed by atoms with Gasteiger partial charge in [0.2, 0.25) is 0 Å². The molecule has 0 aliphatic heterocycles. The number of nitriles is 1. The summed E-state index contributed by atoms with van der Waals surface area (Å²) in [5, 5.41) is 18.9. The summed E-state index contributed by atoms with van der Waals surface area (Å²) in [4.78, 5) is 0.977. The first-order valence-electron chi connectivity index (χ1n) is 2.96. The lowest BCUT2D eigenvalue weighted by Gasteiger charge is -1.89. The van der Waals surface area contributed by atoms with Crippen molar-refractivity contribution in [1.29, 1.82) is 5.26 Å². The van der Waals surface area contributed by atoms with Crippen molar-refractivity contribution in [3.05, 3.63) is 21.9 Å². The fraction of sp³-hybridized carbons (Fsp3) is 0.286. The number of aliphatic hydroxyl groups excluding tert-OH is 1. The SMILES string of the molecule is N#Cc1ccsc1CCO. The van der Waals surface area contributed by atoms with Gasteiger partial charge in [0.05, 0.1) is 5.56 Å². The van der Waals surface area contributed by atoms with Crippen molar-refractivity contribution in [2.24, 2.45) is 0 Å².